The van der Waals surface area contributed by atoms with Crippen LogP contribution in [-0.4, -0.2) is 46.9 Å². The van der Waals surface area contributed by atoms with Crippen molar-refractivity contribution in [1.29, 1.82) is 0 Å². The van der Waals surface area contributed by atoms with Crippen molar-refractivity contribution in [3.05, 3.63) is 78.3 Å². The Labute approximate surface area is 212 Å². The van der Waals surface area contributed by atoms with Crippen LogP contribution in [0.3, 0.4) is 0 Å². The van der Waals surface area contributed by atoms with Gasteiger partial charge in [0.2, 0.25) is 0 Å². The van der Waals surface area contributed by atoms with Crippen LogP contribution in [0.5, 0.6) is 11.5 Å². The first-order chi connectivity index (χ1) is 17.6. The Bertz CT molecular complexity index is 1340. The fourth-order valence-corrected chi connectivity index (χ4v) is 4.00. The topological polar surface area (TPSA) is 104 Å². The summed E-state index contributed by atoms with van der Waals surface area (Å²) in [5, 5.41) is 13.3. The molecule has 1 amide bonds. The molecule has 0 spiro atoms. The van der Waals surface area contributed by atoms with Gasteiger partial charge in [0, 0.05) is 11.3 Å². The number of rotatable bonds is 10. The molecule has 0 aliphatic carbocycles. The zero-order chi connectivity index (χ0) is 25.3. The number of nitrogens with zero attached hydrogens (tertiary/aromatic N) is 4. The highest BCUT2D eigenvalue weighted by molar-refractivity contribution is 7.99. The van der Waals surface area contributed by atoms with Crippen LogP contribution in [0.4, 0.5) is 0 Å². The zero-order valence-corrected chi connectivity index (χ0v) is 20.9. The Morgan fingerprint density at radius 2 is 1.75 bits per heavy atom. The van der Waals surface area contributed by atoms with Gasteiger partial charge in [-0.05, 0) is 79.2 Å². The molecular weight excluding hydrogens is 478 g/mol. The van der Waals surface area contributed by atoms with E-state index < -0.39 is 0 Å². The van der Waals surface area contributed by atoms with Crippen LogP contribution in [0.1, 0.15) is 12.7 Å². The van der Waals surface area contributed by atoms with Gasteiger partial charge >= 0.3 is 0 Å². The minimum Gasteiger partial charge on any atom is -0.497 e. The van der Waals surface area contributed by atoms with Gasteiger partial charge in [-0.2, -0.15) is 5.10 Å². The van der Waals surface area contributed by atoms with Crippen LogP contribution in [0.15, 0.2) is 87.2 Å². The Morgan fingerprint density at radius 3 is 2.39 bits per heavy atom. The number of ether oxygens (including phenoxy) is 2. The molecule has 0 aliphatic heterocycles. The summed E-state index contributed by atoms with van der Waals surface area (Å²) in [5.41, 5.74) is 5.07. The fourth-order valence-electron chi connectivity index (χ4n) is 3.26. The van der Waals surface area contributed by atoms with Crippen molar-refractivity contribution < 1.29 is 18.7 Å². The smallest absolute Gasteiger partial charge is 0.250 e. The highest BCUT2D eigenvalue weighted by Crippen LogP contribution is 2.29. The predicted octanol–water partition coefficient (Wildman–Crippen LogP) is 4.84. The number of furan rings is 1. The van der Waals surface area contributed by atoms with Gasteiger partial charge in [-0.25, -0.2) is 5.43 Å². The summed E-state index contributed by atoms with van der Waals surface area (Å²) in [6.07, 6.45) is 4.98. The first kappa shape index (κ1) is 24.8. The number of thioether (sulfide) groups is 1. The van der Waals surface area contributed by atoms with Crippen molar-refractivity contribution in [2.45, 2.75) is 12.1 Å². The summed E-state index contributed by atoms with van der Waals surface area (Å²) >= 11 is 1.26. The number of allylic oxidation sites excluding steroid dienone is 1. The van der Waals surface area contributed by atoms with Gasteiger partial charge in [-0.15, -0.1) is 10.2 Å². The summed E-state index contributed by atoms with van der Waals surface area (Å²) in [7, 11) is 3.24. The molecule has 0 bridgehead atoms. The third-order valence-corrected chi connectivity index (χ3v) is 5.94. The highest BCUT2D eigenvalue weighted by Gasteiger charge is 2.17. The monoisotopic (exact) mass is 503 g/mol. The molecule has 0 radical (unpaired) electrons. The van der Waals surface area contributed by atoms with E-state index in [1.54, 1.807) is 32.8 Å². The van der Waals surface area contributed by atoms with E-state index in [-0.39, 0.29) is 11.7 Å². The molecule has 0 atom stereocenters. The minimum atomic E-state index is -0.266. The number of hydrogen-bond donors (Lipinski definition) is 1. The third kappa shape index (κ3) is 6.22. The lowest BCUT2D eigenvalue weighted by Crippen LogP contribution is -2.20. The second kappa shape index (κ2) is 11.9. The number of methoxy groups -OCH3 is 2. The van der Waals surface area contributed by atoms with Gasteiger partial charge in [0.1, 0.15) is 17.3 Å². The summed E-state index contributed by atoms with van der Waals surface area (Å²) < 4.78 is 17.7. The fraction of sp³-hybridized carbons (Fsp3) is 0.154. The van der Waals surface area contributed by atoms with E-state index in [9.17, 15) is 4.79 Å². The molecule has 2 heterocycles. The Kier molecular flexibility index (Phi) is 8.20. The normalized spacial score (nSPS) is 11.6. The minimum absolute atomic E-state index is 0.106. The van der Waals surface area contributed by atoms with E-state index in [1.807, 2.05) is 72.2 Å². The molecule has 184 valence electrons. The Balaban J connectivity index is 1.50. The molecule has 0 fully saturated rings. The number of hydrogen-bond acceptors (Lipinski definition) is 8. The van der Waals surface area contributed by atoms with Gasteiger partial charge in [-0.1, -0.05) is 11.8 Å². The first-order valence-corrected chi connectivity index (χ1v) is 12.0. The number of hydrazone groups is 1. The van der Waals surface area contributed by atoms with Crippen LogP contribution in [-0.2, 0) is 4.79 Å². The highest BCUT2D eigenvalue weighted by atomic mass is 32.2. The summed E-state index contributed by atoms with van der Waals surface area (Å²) in [6, 6.07) is 18.8. The third-order valence-electron chi connectivity index (χ3n) is 5.02. The standard InChI is InChI=1S/C26H25N5O4S/c1-18(15-23-5-4-14-35-23)16-27-28-24(32)17-36-26-30-29-25(19-6-10-21(33-2)11-7-19)31(26)20-8-12-22(34-3)13-9-20/h4-16H,17H2,1-3H3,(H,28,32)/b18-15+,27-16-. The lowest BCUT2D eigenvalue weighted by Gasteiger charge is -2.11. The maximum atomic E-state index is 12.4. The van der Waals surface area contributed by atoms with Gasteiger partial charge < -0.3 is 13.9 Å². The average Bonchev–Trinajstić information content (AvgIpc) is 3.57. The van der Waals surface area contributed by atoms with Crippen molar-refractivity contribution in [3.8, 4) is 28.6 Å². The van der Waals surface area contributed by atoms with E-state index in [0.29, 0.717) is 16.7 Å². The number of benzene rings is 2. The van der Waals surface area contributed by atoms with Gasteiger partial charge in [-0.3, -0.25) is 9.36 Å². The molecule has 10 heteroatoms. The maximum absolute atomic E-state index is 12.4. The van der Waals surface area contributed by atoms with Crippen molar-refractivity contribution in [2.75, 3.05) is 20.0 Å². The largest absolute Gasteiger partial charge is 0.497 e. The molecule has 36 heavy (non-hydrogen) atoms. The molecule has 0 unspecified atom stereocenters. The van der Waals surface area contributed by atoms with Crippen molar-refractivity contribution in [1.82, 2.24) is 20.2 Å². The number of nitrogens with one attached hydrogen (secondary N) is 1. The predicted molar refractivity (Wildman–Crippen MR) is 140 cm³/mol. The van der Waals surface area contributed by atoms with E-state index in [1.165, 1.54) is 11.8 Å². The molecule has 4 rings (SSSR count). The van der Waals surface area contributed by atoms with Crippen molar-refractivity contribution in [3.63, 3.8) is 0 Å². The van der Waals surface area contributed by atoms with Gasteiger partial charge in [0.25, 0.3) is 5.91 Å². The number of amides is 1. The molecule has 9 nitrogen and oxygen atoms in total. The van der Waals surface area contributed by atoms with E-state index >= 15 is 0 Å². The molecule has 0 saturated carbocycles. The van der Waals surface area contributed by atoms with Crippen LogP contribution in [0.2, 0.25) is 0 Å². The second-order valence-corrected chi connectivity index (χ2v) is 8.50. The van der Waals surface area contributed by atoms with Gasteiger partial charge in [0.05, 0.1) is 32.5 Å². The molecule has 2 aromatic heterocycles. The van der Waals surface area contributed by atoms with Crippen LogP contribution in [0.25, 0.3) is 23.2 Å². The zero-order valence-electron chi connectivity index (χ0n) is 20.0. The van der Waals surface area contributed by atoms with Crippen LogP contribution < -0.4 is 14.9 Å². The SMILES string of the molecule is COc1ccc(-c2nnc(SCC(=O)N/N=C\C(C)=C\c3ccco3)n2-c2ccc(OC)cc2)cc1. The Hall–Kier alpha value is -4.31. The quantitative estimate of drug-likeness (QED) is 0.188. The van der Waals surface area contributed by atoms with Crippen LogP contribution in [0, 0.1) is 0 Å². The molecule has 0 saturated heterocycles. The maximum Gasteiger partial charge on any atom is 0.250 e. The van der Waals surface area contributed by atoms with Crippen molar-refractivity contribution >= 4 is 30.0 Å². The first-order valence-electron chi connectivity index (χ1n) is 11.0. The lowest BCUT2D eigenvalue weighted by molar-refractivity contribution is -0.118. The molecule has 1 N–H and O–H groups in total. The average molecular weight is 504 g/mol. The van der Waals surface area contributed by atoms with Crippen LogP contribution >= 0.6 is 11.8 Å². The van der Waals surface area contributed by atoms with Gasteiger partial charge in [0.15, 0.2) is 11.0 Å². The molecule has 2 aromatic carbocycles. The van der Waals surface area contributed by atoms with E-state index in [4.69, 9.17) is 13.9 Å². The second-order valence-electron chi connectivity index (χ2n) is 7.55. The molecular formula is C26H25N5O4S. The van der Waals surface area contributed by atoms with Crippen molar-refractivity contribution in [2.24, 2.45) is 5.10 Å². The van der Waals surface area contributed by atoms with E-state index in [2.05, 4.69) is 20.7 Å². The Morgan fingerprint density at radius 1 is 1.06 bits per heavy atom. The number of carbonyl (C=O) groups excluding carboxylic acids is 1. The lowest BCUT2D eigenvalue weighted by atomic mass is 10.2. The summed E-state index contributed by atoms with van der Waals surface area (Å²) in [4.78, 5) is 12.4. The molecule has 0 aliphatic rings. The number of carbonyl (C=O) groups is 1. The molecule has 4 aromatic rings. The number of aromatic nitrogens is 3. The summed E-state index contributed by atoms with van der Waals surface area (Å²) in [5.74, 6) is 2.68. The van der Waals surface area contributed by atoms with E-state index in [0.717, 1.165) is 28.3 Å². The summed E-state index contributed by atoms with van der Waals surface area (Å²) in [6.45, 7) is 1.87.